The lowest BCUT2D eigenvalue weighted by atomic mass is 10.0. The van der Waals surface area contributed by atoms with Crippen LogP contribution in [0.1, 0.15) is 11.3 Å². The summed E-state index contributed by atoms with van der Waals surface area (Å²) in [5.74, 6) is -0.102. The van der Waals surface area contributed by atoms with Gasteiger partial charge in [-0.25, -0.2) is 17.8 Å². The Balaban J connectivity index is 1.64. The molecule has 1 N–H and O–H groups in total. The van der Waals surface area contributed by atoms with E-state index in [9.17, 15) is 12.8 Å². The molecule has 3 aromatic heterocycles. The molecule has 1 aliphatic rings. The quantitative estimate of drug-likeness (QED) is 0.550. The maximum atomic E-state index is 14.6. The van der Waals surface area contributed by atoms with Gasteiger partial charge in [-0.3, -0.25) is 9.36 Å². The molecule has 0 saturated heterocycles. The Morgan fingerprint density at radius 1 is 1.24 bits per heavy atom. The third-order valence-corrected chi connectivity index (χ3v) is 6.95. The number of H-pyrrole nitrogens is 1. The van der Waals surface area contributed by atoms with Crippen LogP contribution in [0.2, 0.25) is 0 Å². The zero-order valence-electron chi connectivity index (χ0n) is 15.8. The fourth-order valence-corrected chi connectivity index (χ4v) is 5.16. The highest BCUT2D eigenvalue weighted by Gasteiger charge is 2.31. The first kappa shape index (κ1) is 18.0. The number of aryl methyl sites for hydroxylation is 2. The van der Waals surface area contributed by atoms with Crippen molar-refractivity contribution >= 4 is 20.9 Å². The van der Waals surface area contributed by atoms with Crippen molar-refractivity contribution in [3.8, 4) is 11.4 Å². The van der Waals surface area contributed by atoms with E-state index < -0.39 is 15.8 Å². The summed E-state index contributed by atoms with van der Waals surface area (Å²) in [6.45, 7) is 2.73. The van der Waals surface area contributed by atoms with Gasteiger partial charge in [-0.1, -0.05) is 0 Å². The van der Waals surface area contributed by atoms with Gasteiger partial charge in [0.05, 0.1) is 24.3 Å². The van der Waals surface area contributed by atoms with Crippen LogP contribution in [0.3, 0.4) is 0 Å². The SMILES string of the molecule is Cc1cc(F)c2[nH]c(S(=O)(=O)N3CCn4nccc4C3)cc2c1-c1ncn(C)n1. The lowest BCUT2D eigenvalue weighted by Gasteiger charge is -2.26. The second-order valence-electron chi connectivity index (χ2n) is 7.10. The van der Waals surface area contributed by atoms with E-state index in [1.165, 1.54) is 16.4 Å². The molecule has 5 rings (SSSR count). The fraction of sp³-hybridized carbons (Fsp3) is 0.278. The lowest BCUT2D eigenvalue weighted by Crippen LogP contribution is -2.38. The number of nitrogens with zero attached hydrogens (tertiary/aromatic N) is 6. The van der Waals surface area contributed by atoms with Crippen LogP contribution in [0.4, 0.5) is 4.39 Å². The molecule has 150 valence electrons. The number of nitrogens with one attached hydrogen (secondary N) is 1. The van der Waals surface area contributed by atoms with Crippen molar-refractivity contribution < 1.29 is 12.8 Å². The van der Waals surface area contributed by atoms with Gasteiger partial charge in [0.15, 0.2) is 5.82 Å². The van der Waals surface area contributed by atoms with E-state index in [0.717, 1.165) is 5.69 Å². The monoisotopic (exact) mass is 415 g/mol. The minimum Gasteiger partial charge on any atom is -0.342 e. The van der Waals surface area contributed by atoms with Crippen molar-refractivity contribution in [1.82, 2.24) is 33.8 Å². The summed E-state index contributed by atoms with van der Waals surface area (Å²) >= 11 is 0. The first-order valence-electron chi connectivity index (χ1n) is 9.03. The molecule has 0 aliphatic carbocycles. The molecule has 11 heteroatoms. The number of hydrogen-bond acceptors (Lipinski definition) is 5. The molecule has 0 radical (unpaired) electrons. The highest BCUT2D eigenvalue weighted by atomic mass is 32.2. The number of fused-ring (bicyclic) bond motifs is 2. The number of halogens is 1. The summed E-state index contributed by atoms with van der Waals surface area (Å²) in [5.41, 5.74) is 2.18. The topological polar surface area (TPSA) is 102 Å². The van der Waals surface area contributed by atoms with Crippen LogP contribution in [0.25, 0.3) is 22.3 Å². The van der Waals surface area contributed by atoms with Crippen molar-refractivity contribution in [1.29, 1.82) is 0 Å². The summed E-state index contributed by atoms with van der Waals surface area (Å²) in [6, 6.07) is 4.62. The minimum absolute atomic E-state index is 0.0536. The van der Waals surface area contributed by atoms with Crippen LogP contribution in [0, 0.1) is 12.7 Å². The first-order chi connectivity index (χ1) is 13.8. The molecule has 9 nitrogen and oxygen atoms in total. The molecule has 0 spiro atoms. The van der Waals surface area contributed by atoms with E-state index >= 15 is 0 Å². The van der Waals surface area contributed by atoms with Crippen molar-refractivity contribution in [2.24, 2.45) is 7.05 Å². The molecule has 0 bridgehead atoms. The smallest absolute Gasteiger partial charge is 0.258 e. The fourth-order valence-electron chi connectivity index (χ4n) is 3.76. The van der Waals surface area contributed by atoms with E-state index in [4.69, 9.17) is 0 Å². The van der Waals surface area contributed by atoms with Crippen LogP contribution in [0.5, 0.6) is 0 Å². The van der Waals surface area contributed by atoms with Crippen molar-refractivity contribution in [3.05, 3.63) is 47.8 Å². The average Bonchev–Trinajstić information content (AvgIpc) is 3.40. The number of rotatable bonds is 3. The third kappa shape index (κ3) is 2.76. The number of hydrogen-bond donors (Lipinski definition) is 1. The van der Waals surface area contributed by atoms with E-state index in [0.29, 0.717) is 35.4 Å². The molecule has 1 aliphatic heterocycles. The highest BCUT2D eigenvalue weighted by Crippen LogP contribution is 2.34. The van der Waals surface area contributed by atoms with Gasteiger partial charge in [-0.2, -0.15) is 14.5 Å². The zero-order valence-corrected chi connectivity index (χ0v) is 16.6. The molecule has 29 heavy (non-hydrogen) atoms. The Labute approximate surface area is 165 Å². The van der Waals surface area contributed by atoms with Crippen LogP contribution in [-0.2, 0) is 30.2 Å². The van der Waals surface area contributed by atoms with E-state index in [1.54, 1.807) is 41.9 Å². The molecule has 0 saturated carbocycles. The largest absolute Gasteiger partial charge is 0.342 e. The van der Waals surface area contributed by atoms with Crippen molar-refractivity contribution in [3.63, 3.8) is 0 Å². The second-order valence-corrected chi connectivity index (χ2v) is 9.01. The van der Waals surface area contributed by atoms with Crippen LogP contribution in [-0.4, -0.2) is 48.8 Å². The van der Waals surface area contributed by atoms with Crippen molar-refractivity contribution in [2.45, 2.75) is 25.0 Å². The zero-order chi connectivity index (χ0) is 20.3. The number of sulfonamides is 1. The highest BCUT2D eigenvalue weighted by molar-refractivity contribution is 7.89. The summed E-state index contributed by atoms with van der Waals surface area (Å²) in [5, 5.41) is 8.86. The van der Waals surface area contributed by atoms with Crippen LogP contribution >= 0.6 is 0 Å². The van der Waals surface area contributed by atoms with Gasteiger partial charge < -0.3 is 4.98 Å². The van der Waals surface area contributed by atoms with Gasteiger partial charge in [-0.15, -0.1) is 0 Å². The summed E-state index contributed by atoms with van der Waals surface area (Å²) in [6.07, 6.45) is 3.20. The molecule has 0 atom stereocenters. The predicted octanol–water partition coefficient (Wildman–Crippen LogP) is 1.81. The van der Waals surface area contributed by atoms with Gasteiger partial charge in [-0.05, 0) is 30.7 Å². The van der Waals surface area contributed by atoms with Gasteiger partial charge in [0.2, 0.25) is 0 Å². The lowest BCUT2D eigenvalue weighted by molar-refractivity contribution is 0.326. The number of aromatic amines is 1. The molecule has 4 heterocycles. The van der Waals surface area contributed by atoms with Gasteiger partial charge in [0, 0.05) is 30.7 Å². The Hall–Kier alpha value is -3.05. The summed E-state index contributed by atoms with van der Waals surface area (Å²) < 4.78 is 45.8. The Kier molecular flexibility index (Phi) is 3.87. The maximum Gasteiger partial charge on any atom is 0.258 e. The summed E-state index contributed by atoms with van der Waals surface area (Å²) in [4.78, 5) is 7.03. The third-order valence-electron chi connectivity index (χ3n) is 5.18. The molecule has 0 amide bonds. The average molecular weight is 415 g/mol. The molecular weight excluding hydrogens is 397 g/mol. The summed E-state index contributed by atoms with van der Waals surface area (Å²) in [7, 11) is -2.11. The normalized spacial score (nSPS) is 15.1. The van der Waals surface area contributed by atoms with Gasteiger partial charge in [0.1, 0.15) is 17.2 Å². The molecular formula is C18H18FN7O2S. The van der Waals surface area contributed by atoms with E-state index in [-0.39, 0.29) is 17.1 Å². The number of benzene rings is 1. The van der Waals surface area contributed by atoms with Gasteiger partial charge >= 0.3 is 0 Å². The maximum absolute atomic E-state index is 14.6. The van der Waals surface area contributed by atoms with Gasteiger partial charge in [0.25, 0.3) is 10.0 Å². The molecule has 0 unspecified atom stereocenters. The molecule has 0 fully saturated rings. The van der Waals surface area contributed by atoms with Crippen LogP contribution in [0.15, 0.2) is 35.7 Å². The Bertz CT molecular complexity index is 1350. The predicted molar refractivity (Wildman–Crippen MR) is 103 cm³/mol. The Morgan fingerprint density at radius 3 is 2.83 bits per heavy atom. The number of aromatic nitrogens is 6. The Morgan fingerprint density at radius 2 is 2.07 bits per heavy atom. The van der Waals surface area contributed by atoms with Crippen molar-refractivity contribution in [2.75, 3.05) is 6.54 Å². The first-order valence-corrected chi connectivity index (χ1v) is 10.5. The van der Waals surface area contributed by atoms with Crippen LogP contribution < -0.4 is 0 Å². The second kappa shape index (κ2) is 6.22. The minimum atomic E-state index is -3.84. The molecule has 4 aromatic rings. The van der Waals surface area contributed by atoms with E-state index in [1.807, 2.05) is 0 Å². The standard InChI is InChI=1S/C18H18FN7O2S/c1-11-7-14(19)17-13(16(11)18-20-10-24(2)23-18)8-15(22-17)29(27,28)25-5-6-26-12(9-25)3-4-21-26/h3-4,7-8,10,22H,5-6,9H2,1-2H3. The van der Waals surface area contributed by atoms with E-state index in [2.05, 4.69) is 20.2 Å². The molecule has 1 aromatic carbocycles.